The molecular weight excluding hydrogens is 324 g/mol. The second kappa shape index (κ2) is 8.84. The zero-order chi connectivity index (χ0) is 17.5. The maximum Gasteiger partial charge on any atom is 0.318 e. The highest BCUT2D eigenvalue weighted by Gasteiger charge is 2.17. The number of nitrogens with one attached hydrogen (secondary N) is 2. The molecule has 6 nitrogen and oxygen atoms in total. The van der Waals surface area contributed by atoms with Crippen LogP contribution in [-0.4, -0.2) is 47.4 Å². The number of methoxy groups -OCH3 is 1. The Balaban J connectivity index is 1.92. The van der Waals surface area contributed by atoms with Gasteiger partial charge >= 0.3 is 6.03 Å². The number of hydrogen-bond donors (Lipinski definition) is 2. The predicted molar refractivity (Wildman–Crippen MR) is 96.4 cm³/mol. The van der Waals surface area contributed by atoms with Crippen molar-refractivity contribution in [3.05, 3.63) is 39.3 Å². The number of aromatic amines is 1. The molecule has 1 unspecified atom stereocenters. The standard InChI is InChI=1S/C17H26N4O2S/c1-12(9-15-10-13(2)19-20-15)18-17(22)21(7-8-23-4)11-16-6-5-14(3)24-16/h5-6,10,12H,7-9,11H2,1-4H3,(H,18,22)(H,19,20). The Kier molecular flexibility index (Phi) is 6.81. The van der Waals surface area contributed by atoms with E-state index in [9.17, 15) is 4.79 Å². The molecule has 24 heavy (non-hydrogen) atoms. The third-order valence-electron chi connectivity index (χ3n) is 3.64. The van der Waals surface area contributed by atoms with Gasteiger partial charge in [-0.1, -0.05) is 0 Å². The number of thiophene rings is 1. The van der Waals surface area contributed by atoms with Crippen LogP contribution in [0.25, 0.3) is 0 Å². The molecule has 7 heteroatoms. The summed E-state index contributed by atoms with van der Waals surface area (Å²) in [6, 6.07) is 6.09. The van der Waals surface area contributed by atoms with Crippen LogP contribution >= 0.6 is 11.3 Å². The van der Waals surface area contributed by atoms with Crippen LogP contribution < -0.4 is 5.32 Å². The first-order valence-corrected chi connectivity index (χ1v) is 8.90. The van der Waals surface area contributed by atoms with E-state index in [-0.39, 0.29) is 12.1 Å². The lowest BCUT2D eigenvalue weighted by Gasteiger charge is -2.24. The van der Waals surface area contributed by atoms with E-state index in [0.29, 0.717) is 26.1 Å². The van der Waals surface area contributed by atoms with Crippen molar-refractivity contribution in [1.82, 2.24) is 20.4 Å². The average molecular weight is 350 g/mol. The zero-order valence-electron chi connectivity index (χ0n) is 14.8. The summed E-state index contributed by atoms with van der Waals surface area (Å²) in [5.74, 6) is 0. The number of nitrogens with zero attached hydrogens (tertiary/aromatic N) is 2. The summed E-state index contributed by atoms with van der Waals surface area (Å²) in [7, 11) is 1.65. The summed E-state index contributed by atoms with van der Waals surface area (Å²) in [5.41, 5.74) is 1.98. The smallest absolute Gasteiger partial charge is 0.318 e. The van der Waals surface area contributed by atoms with Gasteiger partial charge in [0.2, 0.25) is 0 Å². The SMILES string of the molecule is COCCN(Cc1ccc(C)s1)C(=O)NC(C)Cc1cc(C)[nH]n1. The number of amides is 2. The van der Waals surface area contributed by atoms with Crippen molar-refractivity contribution in [2.75, 3.05) is 20.3 Å². The molecule has 2 N–H and O–H groups in total. The highest BCUT2D eigenvalue weighted by molar-refractivity contribution is 7.11. The number of rotatable bonds is 8. The number of urea groups is 1. The molecular formula is C17H26N4O2S. The second-order valence-electron chi connectivity index (χ2n) is 6.02. The highest BCUT2D eigenvalue weighted by Crippen LogP contribution is 2.17. The summed E-state index contributed by atoms with van der Waals surface area (Å²) in [4.78, 5) is 16.8. The Morgan fingerprint density at radius 1 is 1.46 bits per heavy atom. The van der Waals surface area contributed by atoms with E-state index in [2.05, 4.69) is 34.6 Å². The van der Waals surface area contributed by atoms with Crippen molar-refractivity contribution < 1.29 is 9.53 Å². The van der Waals surface area contributed by atoms with Crippen LogP contribution in [0.15, 0.2) is 18.2 Å². The normalized spacial score (nSPS) is 12.2. The van der Waals surface area contributed by atoms with Gasteiger partial charge in [-0.2, -0.15) is 5.10 Å². The molecule has 0 spiro atoms. The summed E-state index contributed by atoms with van der Waals surface area (Å²) in [6.07, 6.45) is 0.701. The van der Waals surface area contributed by atoms with E-state index in [1.165, 1.54) is 9.75 Å². The molecule has 0 aliphatic rings. The molecule has 0 aliphatic heterocycles. The number of aromatic nitrogens is 2. The molecule has 0 fully saturated rings. The topological polar surface area (TPSA) is 70.2 Å². The molecule has 0 aromatic carbocycles. The molecule has 0 aliphatic carbocycles. The minimum Gasteiger partial charge on any atom is -0.383 e. The van der Waals surface area contributed by atoms with Crippen LogP contribution in [0, 0.1) is 13.8 Å². The highest BCUT2D eigenvalue weighted by atomic mass is 32.1. The molecule has 2 aromatic heterocycles. The summed E-state index contributed by atoms with van der Waals surface area (Å²) in [6.45, 7) is 7.71. The van der Waals surface area contributed by atoms with Gasteiger partial charge in [0, 0.05) is 41.6 Å². The Labute approximate surface area is 147 Å². The van der Waals surface area contributed by atoms with Crippen LogP contribution in [0.2, 0.25) is 0 Å². The maximum absolute atomic E-state index is 12.6. The van der Waals surface area contributed by atoms with E-state index in [4.69, 9.17) is 4.74 Å². The van der Waals surface area contributed by atoms with Crippen LogP contribution in [-0.2, 0) is 17.7 Å². The summed E-state index contributed by atoms with van der Waals surface area (Å²) >= 11 is 1.71. The zero-order valence-corrected chi connectivity index (χ0v) is 15.6. The van der Waals surface area contributed by atoms with Gasteiger partial charge < -0.3 is 15.0 Å². The largest absolute Gasteiger partial charge is 0.383 e. The average Bonchev–Trinajstić information content (AvgIpc) is 3.11. The van der Waals surface area contributed by atoms with Gasteiger partial charge in [-0.15, -0.1) is 11.3 Å². The second-order valence-corrected chi connectivity index (χ2v) is 7.40. The fourth-order valence-corrected chi connectivity index (χ4v) is 3.36. The van der Waals surface area contributed by atoms with Gasteiger partial charge in [-0.3, -0.25) is 5.10 Å². The van der Waals surface area contributed by atoms with Crippen molar-refractivity contribution in [3.63, 3.8) is 0 Å². The molecule has 132 valence electrons. The molecule has 0 radical (unpaired) electrons. The molecule has 2 amide bonds. The third-order valence-corrected chi connectivity index (χ3v) is 4.62. The van der Waals surface area contributed by atoms with Gasteiger partial charge in [0.25, 0.3) is 0 Å². The number of carbonyl (C=O) groups excluding carboxylic acids is 1. The van der Waals surface area contributed by atoms with Crippen molar-refractivity contribution in [2.45, 2.75) is 39.8 Å². The fourth-order valence-electron chi connectivity index (χ4n) is 2.46. The van der Waals surface area contributed by atoms with Gasteiger partial charge in [-0.25, -0.2) is 4.79 Å². The van der Waals surface area contributed by atoms with E-state index >= 15 is 0 Å². The predicted octanol–water partition coefficient (Wildman–Crippen LogP) is 2.88. The maximum atomic E-state index is 12.6. The van der Waals surface area contributed by atoms with Crippen molar-refractivity contribution in [1.29, 1.82) is 0 Å². The number of carbonyl (C=O) groups is 1. The summed E-state index contributed by atoms with van der Waals surface area (Å²) < 4.78 is 5.14. The first-order valence-electron chi connectivity index (χ1n) is 8.08. The molecule has 0 bridgehead atoms. The Morgan fingerprint density at radius 3 is 2.83 bits per heavy atom. The fraction of sp³-hybridized carbons (Fsp3) is 0.529. The van der Waals surface area contributed by atoms with Gasteiger partial charge in [0.15, 0.2) is 0 Å². The summed E-state index contributed by atoms with van der Waals surface area (Å²) in [5, 5.41) is 10.2. The van der Waals surface area contributed by atoms with E-state index in [1.807, 2.05) is 19.9 Å². The number of H-pyrrole nitrogens is 1. The third kappa shape index (κ3) is 5.65. The number of hydrogen-bond acceptors (Lipinski definition) is 4. The molecule has 0 saturated carbocycles. The van der Waals surface area contributed by atoms with E-state index in [1.54, 1.807) is 23.3 Å². The van der Waals surface area contributed by atoms with Crippen molar-refractivity contribution >= 4 is 17.4 Å². The van der Waals surface area contributed by atoms with Crippen LogP contribution in [0.5, 0.6) is 0 Å². The lowest BCUT2D eigenvalue weighted by molar-refractivity contribution is 0.145. The lowest BCUT2D eigenvalue weighted by atomic mass is 10.2. The minimum atomic E-state index is -0.0714. The lowest BCUT2D eigenvalue weighted by Crippen LogP contribution is -2.45. The minimum absolute atomic E-state index is 0.00955. The van der Waals surface area contributed by atoms with Crippen LogP contribution in [0.4, 0.5) is 4.79 Å². The van der Waals surface area contributed by atoms with Gasteiger partial charge in [0.05, 0.1) is 18.8 Å². The molecule has 2 aromatic rings. The van der Waals surface area contributed by atoms with Crippen LogP contribution in [0.3, 0.4) is 0 Å². The van der Waals surface area contributed by atoms with E-state index in [0.717, 1.165) is 11.4 Å². The molecule has 0 saturated heterocycles. The number of ether oxygens (including phenoxy) is 1. The Bertz CT molecular complexity index is 653. The van der Waals surface area contributed by atoms with Gasteiger partial charge in [0.1, 0.15) is 0 Å². The number of aryl methyl sites for hydroxylation is 2. The van der Waals surface area contributed by atoms with Crippen molar-refractivity contribution in [2.24, 2.45) is 0 Å². The Morgan fingerprint density at radius 2 is 2.25 bits per heavy atom. The quantitative estimate of drug-likeness (QED) is 0.769. The molecule has 2 heterocycles. The first-order chi connectivity index (χ1) is 11.5. The van der Waals surface area contributed by atoms with Crippen LogP contribution in [0.1, 0.15) is 28.1 Å². The molecule has 2 rings (SSSR count). The first kappa shape index (κ1) is 18.5. The Hall–Kier alpha value is -1.86. The molecule has 1 atom stereocenters. The van der Waals surface area contributed by atoms with E-state index < -0.39 is 0 Å². The monoisotopic (exact) mass is 350 g/mol. The van der Waals surface area contributed by atoms with Gasteiger partial charge in [-0.05, 0) is 39.0 Å². The van der Waals surface area contributed by atoms with Crippen molar-refractivity contribution in [3.8, 4) is 0 Å².